The fraction of sp³-hybridized carbons (Fsp3) is 0.417. The van der Waals surface area contributed by atoms with E-state index in [0.29, 0.717) is 6.42 Å². The van der Waals surface area contributed by atoms with Crippen LogP contribution in [0.2, 0.25) is 0 Å². The first-order valence-corrected chi connectivity index (χ1v) is 5.22. The Bertz CT molecular complexity index is 298. The molecule has 1 aromatic rings. The normalized spacial score (nSPS) is 12.3. The number of unbranched alkanes of at least 4 members (excludes halogenated alkanes) is 1. The largest absolute Gasteiger partial charge is 0.481 e. The highest BCUT2D eigenvalue weighted by Crippen LogP contribution is 2.16. The third kappa shape index (κ3) is 4.61. The Labute approximate surface area is 89.9 Å². The lowest BCUT2D eigenvalue weighted by molar-refractivity contribution is -0.137. The SMILES string of the molecule is N[C@@H](CCCCC(=O)O)c1ccccc1. The number of carbonyl (C=O) groups is 1. The molecule has 0 spiro atoms. The predicted molar refractivity (Wildman–Crippen MR) is 59.5 cm³/mol. The molecule has 0 unspecified atom stereocenters. The maximum Gasteiger partial charge on any atom is 0.303 e. The Morgan fingerprint density at radius 3 is 2.53 bits per heavy atom. The van der Waals surface area contributed by atoms with Gasteiger partial charge in [0.1, 0.15) is 0 Å². The molecule has 0 aliphatic rings. The van der Waals surface area contributed by atoms with Gasteiger partial charge in [-0.2, -0.15) is 0 Å². The van der Waals surface area contributed by atoms with Gasteiger partial charge in [0.15, 0.2) is 0 Å². The van der Waals surface area contributed by atoms with Crippen molar-refractivity contribution in [1.29, 1.82) is 0 Å². The molecule has 15 heavy (non-hydrogen) atoms. The van der Waals surface area contributed by atoms with E-state index in [2.05, 4.69) is 0 Å². The summed E-state index contributed by atoms with van der Waals surface area (Å²) in [6, 6.07) is 9.92. The minimum atomic E-state index is -0.733. The van der Waals surface area contributed by atoms with Crippen LogP contribution in [-0.2, 0) is 4.79 Å². The second kappa shape index (κ2) is 6.19. The van der Waals surface area contributed by atoms with Crippen molar-refractivity contribution in [2.45, 2.75) is 31.7 Å². The number of carboxylic acids is 1. The average molecular weight is 207 g/mol. The zero-order valence-corrected chi connectivity index (χ0v) is 8.73. The van der Waals surface area contributed by atoms with E-state index >= 15 is 0 Å². The zero-order chi connectivity index (χ0) is 11.1. The summed E-state index contributed by atoms with van der Waals surface area (Å²) >= 11 is 0. The van der Waals surface area contributed by atoms with E-state index in [-0.39, 0.29) is 12.5 Å². The van der Waals surface area contributed by atoms with Crippen LogP contribution in [0.1, 0.15) is 37.3 Å². The molecule has 0 amide bonds. The molecular formula is C12H17NO2. The van der Waals surface area contributed by atoms with Gasteiger partial charge in [-0.1, -0.05) is 36.8 Å². The maximum atomic E-state index is 10.3. The lowest BCUT2D eigenvalue weighted by atomic mass is 10.0. The van der Waals surface area contributed by atoms with Gasteiger partial charge in [0.05, 0.1) is 0 Å². The zero-order valence-electron chi connectivity index (χ0n) is 8.73. The molecule has 1 rings (SSSR count). The number of aliphatic carboxylic acids is 1. The molecule has 3 nitrogen and oxygen atoms in total. The smallest absolute Gasteiger partial charge is 0.303 e. The molecular weight excluding hydrogens is 190 g/mol. The Morgan fingerprint density at radius 2 is 1.93 bits per heavy atom. The van der Waals surface area contributed by atoms with Crippen molar-refractivity contribution in [3.63, 3.8) is 0 Å². The summed E-state index contributed by atoms with van der Waals surface area (Å²) in [6.45, 7) is 0. The summed E-state index contributed by atoms with van der Waals surface area (Å²) in [7, 11) is 0. The van der Waals surface area contributed by atoms with Gasteiger partial charge in [0.25, 0.3) is 0 Å². The van der Waals surface area contributed by atoms with E-state index in [4.69, 9.17) is 10.8 Å². The second-order valence-corrected chi connectivity index (χ2v) is 3.66. The molecule has 3 N–H and O–H groups in total. The van der Waals surface area contributed by atoms with Gasteiger partial charge in [0, 0.05) is 12.5 Å². The van der Waals surface area contributed by atoms with Crippen molar-refractivity contribution < 1.29 is 9.90 Å². The van der Waals surface area contributed by atoms with Crippen molar-refractivity contribution in [3.05, 3.63) is 35.9 Å². The lowest BCUT2D eigenvalue weighted by Gasteiger charge is -2.10. The maximum absolute atomic E-state index is 10.3. The summed E-state index contributed by atoms with van der Waals surface area (Å²) in [5.74, 6) is -0.733. The third-order valence-electron chi connectivity index (χ3n) is 2.38. The van der Waals surface area contributed by atoms with Crippen LogP contribution in [0.5, 0.6) is 0 Å². The monoisotopic (exact) mass is 207 g/mol. The number of carboxylic acid groups (broad SMARTS) is 1. The van der Waals surface area contributed by atoms with Crippen LogP contribution in [0.25, 0.3) is 0 Å². The summed E-state index contributed by atoms with van der Waals surface area (Å²) in [5.41, 5.74) is 7.08. The highest BCUT2D eigenvalue weighted by atomic mass is 16.4. The molecule has 0 saturated heterocycles. The van der Waals surface area contributed by atoms with Crippen molar-refractivity contribution in [2.24, 2.45) is 5.73 Å². The predicted octanol–water partition coefficient (Wildman–Crippen LogP) is 2.33. The van der Waals surface area contributed by atoms with Gasteiger partial charge < -0.3 is 10.8 Å². The van der Waals surface area contributed by atoms with Gasteiger partial charge in [-0.3, -0.25) is 4.79 Å². The van der Waals surface area contributed by atoms with Crippen molar-refractivity contribution >= 4 is 5.97 Å². The van der Waals surface area contributed by atoms with E-state index in [0.717, 1.165) is 18.4 Å². The Balaban J connectivity index is 2.25. The Morgan fingerprint density at radius 1 is 1.27 bits per heavy atom. The molecule has 0 saturated carbocycles. The van der Waals surface area contributed by atoms with Crippen LogP contribution in [0.15, 0.2) is 30.3 Å². The fourth-order valence-corrected chi connectivity index (χ4v) is 1.51. The summed E-state index contributed by atoms with van der Waals surface area (Å²) in [5, 5.41) is 8.46. The van der Waals surface area contributed by atoms with Crippen LogP contribution in [0.4, 0.5) is 0 Å². The number of nitrogens with two attached hydrogens (primary N) is 1. The molecule has 0 radical (unpaired) electrons. The van der Waals surface area contributed by atoms with Gasteiger partial charge in [-0.25, -0.2) is 0 Å². The summed E-state index contributed by atoms with van der Waals surface area (Å²) in [4.78, 5) is 10.3. The van der Waals surface area contributed by atoms with E-state index in [1.54, 1.807) is 0 Å². The van der Waals surface area contributed by atoms with Crippen LogP contribution >= 0.6 is 0 Å². The van der Waals surface area contributed by atoms with Gasteiger partial charge in [0.2, 0.25) is 0 Å². The average Bonchev–Trinajstić information content (AvgIpc) is 2.25. The van der Waals surface area contributed by atoms with Crippen LogP contribution in [0, 0.1) is 0 Å². The quantitative estimate of drug-likeness (QED) is 0.704. The standard InChI is InChI=1S/C12H17NO2/c13-11(8-4-5-9-12(14)15)10-6-2-1-3-7-10/h1-3,6-7,11H,4-5,8-9,13H2,(H,14,15)/t11-/m0/s1. The van der Waals surface area contributed by atoms with E-state index in [9.17, 15) is 4.79 Å². The third-order valence-corrected chi connectivity index (χ3v) is 2.38. The number of hydrogen-bond acceptors (Lipinski definition) is 2. The summed E-state index contributed by atoms with van der Waals surface area (Å²) < 4.78 is 0. The molecule has 0 aliphatic carbocycles. The molecule has 3 heteroatoms. The topological polar surface area (TPSA) is 63.3 Å². The Hall–Kier alpha value is -1.35. The van der Waals surface area contributed by atoms with E-state index in [1.807, 2.05) is 30.3 Å². The molecule has 0 fully saturated rings. The number of hydrogen-bond donors (Lipinski definition) is 2. The first kappa shape index (κ1) is 11.7. The molecule has 0 bridgehead atoms. The second-order valence-electron chi connectivity index (χ2n) is 3.66. The molecule has 1 aromatic carbocycles. The van der Waals surface area contributed by atoms with Crippen LogP contribution in [-0.4, -0.2) is 11.1 Å². The lowest BCUT2D eigenvalue weighted by Crippen LogP contribution is -2.10. The first-order valence-electron chi connectivity index (χ1n) is 5.22. The molecule has 82 valence electrons. The van der Waals surface area contributed by atoms with Crippen molar-refractivity contribution in [3.8, 4) is 0 Å². The van der Waals surface area contributed by atoms with Gasteiger partial charge in [-0.15, -0.1) is 0 Å². The molecule has 1 atom stereocenters. The van der Waals surface area contributed by atoms with E-state index < -0.39 is 5.97 Å². The van der Waals surface area contributed by atoms with E-state index in [1.165, 1.54) is 0 Å². The van der Waals surface area contributed by atoms with Crippen molar-refractivity contribution in [2.75, 3.05) is 0 Å². The van der Waals surface area contributed by atoms with Crippen LogP contribution in [0.3, 0.4) is 0 Å². The molecule has 0 aromatic heterocycles. The fourth-order valence-electron chi connectivity index (χ4n) is 1.51. The highest BCUT2D eigenvalue weighted by Gasteiger charge is 2.05. The Kier molecular flexibility index (Phi) is 4.84. The molecule has 0 heterocycles. The first-order chi connectivity index (χ1) is 7.20. The van der Waals surface area contributed by atoms with Crippen LogP contribution < -0.4 is 5.73 Å². The minimum Gasteiger partial charge on any atom is -0.481 e. The minimum absolute atomic E-state index is 0.0278. The van der Waals surface area contributed by atoms with Crippen molar-refractivity contribution in [1.82, 2.24) is 0 Å². The van der Waals surface area contributed by atoms with Gasteiger partial charge >= 0.3 is 5.97 Å². The summed E-state index contributed by atoms with van der Waals surface area (Å²) in [6.07, 6.45) is 2.65. The molecule has 0 aliphatic heterocycles. The number of benzene rings is 1. The number of rotatable bonds is 6. The highest BCUT2D eigenvalue weighted by molar-refractivity contribution is 5.66. The van der Waals surface area contributed by atoms with Gasteiger partial charge in [-0.05, 0) is 18.4 Å².